The van der Waals surface area contributed by atoms with Crippen molar-refractivity contribution in [2.45, 2.75) is 33.2 Å². The number of hydrogen-bond donors (Lipinski definition) is 0. The maximum absolute atomic E-state index is 4.52. The lowest BCUT2D eigenvalue weighted by Crippen LogP contribution is -2.11. The summed E-state index contributed by atoms with van der Waals surface area (Å²) < 4.78 is 2.11. The van der Waals surface area contributed by atoms with Gasteiger partial charge in [0, 0.05) is 5.69 Å². The Morgan fingerprint density at radius 2 is 1.88 bits per heavy atom. The van der Waals surface area contributed by atoms with Gasteiger partial charge in [-0.25, -0.2) is 0 Å². The van der Waals surface area contributed by atoms with Gasteiger partial charge in [0.05, 0.1) is 11.7 Å². The number of nitrogens with zero attached hydrogens (tertiary/aromatic N) is 2. The third-order valence-corrected chi connectivity index (χ3v) is 2.84. The van der Waals surface area contributed by atoms with Crippen molar-refractivity contribution in [2.75, 3.05) is 0 Å². The lowest BCUT2D eigenvalue weighted by molar-refractivity contribution is 0.475. The Kier molecular flexibility index (Phi) is 3.09. The predicted molar refractivity (Wildman–Crippen MR) is 66.6 cm³/mol. The van der Waals surface area contributed by atoms with Crippen molar-refractivity contribution in [3.8, 4) is 0 Å². The zero-order chi connectivity index (χ0) is 11.5. The van der Waals surface area contributed by atoms with Gasteiger partial charge in [-0.15, -0.1) is 0 Å². The molecule has 0 bridgehead atoms. The number of aryl methyl sites for hydroxylation is 2. The Morgan fingerprint density at radius 3 is 2.44 bits per heavy atom. The van der Waals surface area contributed by atoms with Crippen LogP contribution in [0.3, 0.4) is 0 Å². The average Bonchev–Trinajstić information content (AvgIpc) is 2.59. The molecule has 2 rings (SSSR count). The molecule has 1 aromatic heterocycles. The Bertz CT molecular complexity index is 457. The van der Waals surface area contributed by atoms with Crippen LogP contribution in [-0.4, -0.2) is 9.78 Å². The summed E-state index contributed by atoms with van der Waals surface area (Å²) in [6, 6.07) is 13.1. The quantitative estimate of drug-likeness (QED) is 0.766. The first-order valence-electron chi connectivity index (χ1n) is 5.73. The van der Waals surface area contributed by atoms with Crippen LogP contribution in [-0.2, 0) is 6.42 Å². The molecular formula is C14H18N2. The lowest BCUT2D eigenvalue weighted by Gasteiger charge is -2.14. The molecule has 84 valence electrons. The minimum atomic E-state index is 0.413. The highest BCUT2D eigenvalue weighted by Gasteiger charge is 2.09. The summed E-state index contributed by atoms with van der Waals surface area (Å²) in [5.74, 6) is 0. The van der Waals surface area contributed by atoms with Gasteiger partial charge in [0.1, 0.15) is 0 Å². The van der Waals surface area contributed by atoms with Crippen molar-refractivity contribution in [3.63, 3.8) is 0 Å². The SMILES string of the molecule is Cc1cc(C)n(C(C)Cc2ccccc2)n1. The highest BCUT2D eigenvalue weighted by atomic mass is 15.3. The molecule has 1 heterocycles. The minimum Gasteiger partial charge on any atom is -0.267 e. The van der Waals surface area contributed by atoms with Crippen LogP contribution in [0.5, 0.6) is 0 Å². The van der Waals surface area contributed by atoms with Gasteiger partial charge in [0.25, 0.3) is 0 Å². The van der Waals surface area contributed by atoms with Crippen LogP contribution in [0.4, 0.5) is 0 Å². The van der Waals surface area contributed by atoms with Crippen LogP contribution in [0, 0.1) is 13.8 Å². The number of aromatic nitrogens is 2. The standard InChI is InChI=1S/C14H18N2/c1-11-9-12(2)16(15-11)13(3)10-14-7-5-4-6-8-14/h4-9,13H,10H2,1-3H3. The van der Waals surface area contributed by atoms with Crippen LogP contribution in [0.2, 0.25) is 0 Å². The van der Waals surface area contributed by atoms with E-state index < -0.39 is 0 Å². The maximum atomic E-state index is 4.52. The number of rotatable bonds is 3. The first kappa shape index (κ1) is 10.9. The van der Waals surface area contributed by atoms with Gasteiger partial charge < -0.3 is 0 Å². The summed E-state index contributed by atoms with van der Waals surface area (Å²) in [6.45, 7) is 6.37. The van der Waals surface area contributed by atoms with Crippen LogP contribution in [0.25, 0.3) is 0 Å². The maximum Gasteiger partial charge on any atom is 0.0596 e. The molecule has 1 atom stereocenters. The van der Waals surface area contributed by atoms with E-state index >= 15 is 0 Å². The zero-order valence-corrected chi connectivity index (χ0v) is 10.1. The molecule has 1 unspecified atom stereocenters. The molecule has 1 aromatic carbocycles. The van der Waals surface area contributed by atoms with E-state index in [1.54, 1.807) is 0 Å². The Balaban J connectivity index is 2.14. The van der Waals surface area contributed by atoms with Gasteiger partial charge in [0.15, 0.2) is 0 Å². The van der Waals surface area contributed by atoms with E-state index in [9.17, 15) is 0 Å². The van der Waals surface area contributed by atoms with Crippen LogP contribution >= 0.6 is 0 Å². The molecule has 16 heavy (non-hydrogen) atoms. The van der Waals surface area contributed by atoms with Gasteiger partial charge in [-0.1, -0.05) is 30.3 Å². The summed E-state index contributed by atoms with van der Waals surface area (Å²) in [4.78, 5) is 0. The number of benzene rings is 1. The molecule has 0 amide bonds. The molecule has 0 spiro atoms. The molecule has 2 nitrogen and oxygen atoms in total. The van der Waals surface area contributed by atoms with E-state index in [-0.39, 0.29) is 0 Å². The van der Waals surface area contributed by atoms with E-state index in [1.807, 2.05) is 6.92 Å². The average molecular weight is 214 g/mol. The fourth-order valence-electron chi connectivity index (χ4n) is 2.13. The molecule has 0 fully saturated rings. The fraction of sp³-hybridized carbons (Fsp3) is 0.357. The molecular weight excluding hydrogens is 196 g/mol. The van der Waals surface area contributed by atoms with Crippen LogP contribution < -0.4 is 0 Å². The smallest absolute Gasteiger partial charge is 0.0596 e. The third-order valence-electron chi connectivity index (χ3n) is 2.84. The molecule has 0 saturated carbocycles. The largest absolute Gasteiger partial charge is 0.267 e. The highest BCUT2D eigenvalue weighted by Crippen LogP contribution is 2.15. The third kappa shape index (κ3) is 2.32. The van der Waals surface area contributed by atoms with E-state index in [1.165, 1.54) is 11.3 Å². The van der Waals surface area contributed by atoms with E-state index in [4.69, 9.17) is 0 Å². The Hall–Kier alpha value is -1.57. The predicted octanol–water partition coefficient (Wildman–Crippen LogP) is 3.30. The summed E-state index contributed by atoms with van der Waals surface area (Å²) in [5.41, 5.74) is 3.70. The van der Waals surface area contributed by atoms with E-state index in [2.05, 4.69) is 60.0 Å². The van der Waals surface area contributed by atoms with Crippen LogP contribution in [0.1, 0.15) is 29.9 Å². The van der Waals surface area contributed by atoms with Crippen molar-refractivity contribution in [1.29, 1.82) is 0 Å². The fourth-order valence-corrected chi connectivity index (χ4v) is 2.13. The highest BCUT2D eigenvalue weighted by molar-refractivity contribution is 5.16. The molecule has 2 heteroatoms. The monoisotopic (exact) mass is 214 g/mol. The van der Waals surface area contributed by atoms with E-state index in [0.29, 0.717) is 6.04 Å². The van der Waals surface area contributed by atoms with Gasteiger partial charge in [-0.2, -0.15) is 5.10 Å². The molecule has 0 saturated heterocycles. The summed E-state index contributed by atoms with van der Waals surface area (Å²) in [7, 11) is 0. The van der Waals surface area contributed by atoms with Gasteiger partial charge >= 0.3 is 0 Å². The van der Waals surface area contributed by atoms with Crippen molar-refractivity contribution in [3.05, 3.63) is 53.3 Å². The Labute approximate surface area is 96.9 Å². The van der Waals surface area contributed by atoms with Crippen molar-refractivity contribution < 1.29 is 0 Å². The second-order valence-corrected chi connectivity index (χ2v) is 4.41. The Morgan fingerprint density at radius 1 is 1.19 bits per heavy atom. The normalized spacial score (nSPS) is 12.7. The van der Waals surface area contributed by atoms with Crippen LogP contribution in [0.15, 0.2) is 36.4 Å². The second kappa shape index (κ2) is 4.52. The summed E-state index contributed by atoms with van der Waals surface area (Å²) in [5, 5.41) is 4.52. The topological polar surface area (TPSA) is 17.8 Å². The van der Waals surface area contributed by atoms with Gasteiger partial charge in [-0.05, 0) is 38.8 Å². The minimum absolute atomic E-state index is 0.413. The number of hydrogen-bond acceptors (Lipinski definition) is 1. The summed E-state index contributed by atoms with van der Waals surface area (Å²) >= 11 is 0. The van der Waals surface area contributed by atoms with E-state index in [0.717, 1.165) is 12.1 Å². The first-order chi connectivity index (χ1) is 7.66. The van der Waals surface area contributed by atoms with Crippen molar-refractivity contribution >= 4 is 0 Å². The van der Waals surface area contributed by atoms with Crippen molar-refractivity contribution in [1.82, 2.24) is 9.78 Å². The molecule has 2 aromatic rings. The first-order valence-corrected chi connectivity index (χ1v) is 5.73. The zero-order valence-electron chi connectivity index (χ0n) is 10.1. The van der Waals surface area contributed by atoms with Gasteiger partial charge in [-0.3, -0.25) is 4.68 Å². The van der Waals surface area contributed by atoms with Gasteiger partial charge in [0.2, 0.25) is 0 Å². The van der Waals surface area contributed by atoms with Crippen molar-refractivity contribution in [2.24, 2.45) is 0 Å². The molecule has 0 aliphatic heterocycles. The molecule has 0 aliphatic carbocycles. The second-order valence-electron chi connectivity index (χ2n) is 4.41. The molecule has 0 N–H and O–H groups in total. The molecule has 0 radical (unpaired) electrons. The molecule has 0 aliphatic rings. The lowest BCUT2D eigenvalue weighted by atomic mass is 10.1. The summed E-state index contributed by atoms with van der Waals surface area (Å²) in [6.07, 6.45) is 1.03.